The molecule has 0 aliphatic carbocycles. The normalized spacial score (nSPS) is 12.3. The predicted octanol–water partition coefficient (Wildman–Crippen LogP) is 9.11. The van der Waals surface area contributed by atoms with Crippen molar-refractivity contribution in [3.05, 3.63) is 180 Å². The summed E-state index contributed by atoms with van der Waals surface area (Å²) in [4.78, 5) is 0. The fourth-order valence-electron chi connectivity index (χ4n) is 7.31. The van der Waals surface area contributed by atoms with Crippen LogP contribution in [0.1, 0.15) is 27.8 Å². The lowest BCUT2D eigenvalue weighted by atomic mass is 9.12. The summed E-state index contributed by atoms with van der Waals surface area (Å²) in [5, 5.41) is 0. The van der Waals surface area contributed by atoms with Crippen LogP contribution in [0.5, 0.6) is 0 Å². The zero-order valence-corrected chi connectivity index (χ0v) is 35.2. The maximum atomic E-state index is 16.7. The Bertz CT molecular complexity index is 2710. The van der Waals surface area contributed by atoms with E-state index in [-0.39, 0.29) is 5.56 Å². The van der Waals surface area contributed by atoms with Crippen molar-refractivity contribution in [1.82, 2.24) is 0 Å². The first-order valence-electron chi connectivity index (χ1n) is 17.9. The molecule has 0 nitrogen and oxygen atoms in total. The molecule has 0 fully saturated rings. The van der Waals surface area contributed by atoms with E-state index in [0.29, 0.717) is 12.1 Å². The Morgan fingerprint density at radius 2 is 0.623 bits per heavy atom. The molecule has 27 heteroatoms. The van der Waals surface area contributed by atoms with E-state index in [1.807, 2.05) is 22.6 Å². The first kappa shape index (κ1) is 54.1. The molecule has 0 aliphatic heterocycles. The molecule has 0 spiro atoms. The van der Waals surface area contributed by atoms with Crippen LogP contribution >= 0.6 is 0 Å². The fourth-order valence-corrected chi connectivity index (χ4v) is 7.69. The van der Waals surface area contributed by atoms with Gasteiger partial charge in [0, 0.05) is 0 Å². The maximum absolute atomic E-state index is 16.7. The number of alkyl halides is 9. The molecule has 0 saturated heterocycles. The minimum atomic E-state index is -7.87. The van der Waals surface area contributed by atoms with Gasteiger partial charge in [-0.2, -0.15) is 39.5 Å². The molecule has 0 aliphatic rings. The topological polar surface area (TPSA) is 0 Å². The Morgan fingerprint density at radius 3 is 0.841 bits per heavy atom. The molecule has 6 rings (SSSR count). The largest absolute Gasteiger partial charge is 0.422 e. The summed E-state index contributed by atoms with van der Waals surface area (Å²) < 4.78 is 379. The number of aryl methyl sites for hydroxylation is 1. The van der Waals surface area contributed by atoms with Gasteiger partial charge in [-0.1, -0.05) is 54.6 Å². The Labute approximate surface area is 381 Å². The van der Waals surface area contributed by atoms with E-state index in [0.717, 1.165) is 18.2 Å². The zero-order valence-electron chi connectivity index (χ0n) is 32.8. The monoisotopic (exact) mass is 1130 g/mol. The number of halogens is 26. The molecule has 0 amide bonds. The summed E-state index contributed by atoms with van der Waals surface area (Å²) in [6, 6.07) is 11.1. The Balaban J connectivity index is 0.00000100. The van der Waals surface area contributed by atoms with Crippen molar-refractivity contribution in [2.75, 3.05) is 0 Å². The van der Waals surface area contributed by atoms with E-state index in [1.165, 1.54) is 9.13 Å². The molecule has 0 bridgehead atoms. The van der Waals surface area contributed by atoms with Crippen LogP contribution in [-0.4, -0.2) is 6.15 Å². The zero-order chi connectivity index (χ0) is 52.5. The SMILES string of the molecule is C=Cc1ccc(-c2c(F)c(F)c([B-](c3c(F)c(F)c(C(F)(F)F)c(F)c3F)(c3c(F)c(F)c(C(F)(F)F)c(F)c3F)c3c(F)c(F)c(C(F)(F)F)c(F)c3F)c(F)c2F)cc1.Cc1ccc([IH+])cc1. The third-order valence-corrected chi connectivity index (χ3v) is 11.0. The van der Waals surface area contributed by atoms with Crippen LogP contribution in [0.2, 0.25) is 0 Å². The average molecular weight is 1130 g/mol. The summed E-state index contributed by atoms with van der Waals surface area (Å²) in [7, 11) is 0. The Morgan fingerprint density at radius 1 is 0.377 bits per heavy atom. The van der Waals surface area contributed by atoms with Crippen molar-refractivity contribution in [1.29, 1.82) is 0 Å². The van der Waals surface area contributed by atoms with E-state index in [2.05, 4.69) is 37.8 Å². The van der Waals surface area contributed by atoms with Crippen LogP contribution in [0.15, 0.2) is 55.1 Å². The maximum Gasteiger partial charge on any atom is 0.422 e. The molecule has 69 heavy (non-hydrogen) atoms. The van der Waals surface area contributed by atoms with Crippen LogP contribution < -0.4 is 44.4 Å². The second kappa shape index (κ2) is 18.8. The smallest absolute Gasteiger partial charge is 0.207 e. The fraction of sp³-hybridized carbons (Fsp3) is 0.0952. The van der Waals surface area contributed by atoms with E-state index < -0.39 is 167 Å². The van der Waals surface area contributed by atoms with E-state index >= 15 is 70.2 Å². The Kier molecular flexibility index (Phi) is 14.7. The average Bonchev–Trinajstić information content (AvgIpc) is 3.24. The van der Waals surface area contributed by atoms with Gasteiger partial charge in [0.05, 0.1) is 5.56 Å². The summed E-state index contributed by atoms with van der Waals surface area (Å²) >= 11 is 2.03. The highest BCUT2D eigenvalue weighted by Gasteiger charge is 2.55. The highest BCUT2D eigenvalue weighted by molar-refractivity contribution is 7.20. The van der Waals surface area contributed by atoms with Crippen LogP contribution in [0.4, 0.5) is 110 Å². The van der Waals surface area contributed by atoms with Crippen molar-refractivity contribution in [3.8, 4) is 11.1 Å². The predicted molar refractivity (Wildman–Crippen MR) is 191 cm³/mol. The molecule has 0 atom stereocenters. The molecule has 0 heterocycles. The van der Waals surface area contributed by atoms with Crippen molar-refractivity contribution < 1.29 is 132 Å². The molecule has 0 radical (unpaired) electrons. The second-order valence-corrected chi connectivity index (χ2v) is 15.5. The van der Waals surface area contributed by atoms with Crippen LogP contribution in [0, 0.1) is 104 Å². The van der Waals surface area contributed by atoms with E-state index in [1.54, 1.807) is 0 Å². The third kappa shape index (κ3) is 8.98. The molecule has 6 aromatic rings. The van der Waals surface area contributed by atoms with Crippen molar-refractivity contribution >= 4 is 34.1 Å². The third-order valence-electron chi connectivity index (χ3n) is 10.2. The molecular formula is C42H15BF25I. The number of hydrogen-bond acceptors (Lipinski definition) is 0. The number of rotatable bonds is 6. The van der Waals surface area contributed by atoms with Crippen LogP contribution in [-0.2, 0) is 18.5 Å². The lowest BCUT2D eigenvalue weighted by molar-refractivity contribution is -0.328. The van der Waals surface area contributed by atoms with Gasteiger partial charge in [0.15, 0.2) is 50.1 Å². The molecular weight excluding hydrogens is 1120 g/mol. The van der Waals surface area contributed by atoms with Gasteiger partial charge in [0.1, 0.15) is 69.4 Å². The van der Waals surface area contributed by atoms with Crippen molar-refractivity contribution in [2.24, 2.45) is 0 Å². The minimum absolute atomic E-state index is 0.0106. The van der Waals surface area contributed by atoms with Crippen LogP contribution in [0.3, 0.4) is 0 Å². The highest BCUT2D eigenvalue weighted by atomic mass is 127. The van der Waals surface area contributed by atoms with E-state index in [4.69, 9.17) is 0 Å². The number of benzene rings is 6. The lowest BCUT2D eigenvalue weighted by Gasteiger charge is -2.45. The summed E-state index contributed by atoms with van der Waals surface area (Å²) in [6.45, 7) is 5.36. The van der Waals surface area contributed by atoms with Gasteiger partial charge in [-0.3, -0.25) is 0 Å². The van der Waals surface area contributed by atoms with E-state index in [9.17, 15) is 39.5 Å². The van der Waals surface area contributed by atoms with Crippen LogP contribution in [0.25, 0.3) is 17.2 Å². The van der Waals surface area contributed by atoms with Gasteiger partial charge in [-0.05, 0) is 30.2 Å². The highest BCUT2D eigenvalue weighted by Crippen LogP contribution is 2.41. The minimum Gasteiger partial charge on any atom is -0.207 e. The van der Waals surface area contributed by atoms with Crippen molar-refractivity contribution in [3.63, 3.8) is 0 Å². The molecule has 0 unspecified atom stereocenters. The summed E-state index contributed by atoms with van der Waals surface area (Å²) in [6.07, 6.45) is -27.2. The Hall–Kier alpha value is -5.90. The number of hydrogen-bond donors (Lipinski definition) is 0. The quantitative estimate of drug-likeness (QED) is 0.0677. The molecule has 0 saturated carbocycles. The van der Waals surface area contributed by atoms with Gasteiger partial charge >= 0.3 is 18.5 Å². The van der Waals surface area contributed by atoms with Crippen molar-refractivity contribution in [2.45, 2.75) is 25.5 Å². The second-order valence-electron chi connectivity index (χ2n) is 14.2. The molecule has 368 valence electrons. The lowest BCUT2D eigenvalue weighted by Crippen LogP contribution is -3.34. The van der Waals surface area contributed by atoms with Gasteiger partial charge in [-0.25, -0.2) is 70.2 Å². The standard InChI is InChI=1S/C35H7BF25.C7H8I/c1-2-7-3-5-8(6-4-7)9-17(37)25(45)13(26(46)18(9)38)36(14-27(47)19(39)10(33(53,54)55)20(40)28(14)48,15-29(49)21(41)11(34(56,57)58)22(42)30(15)50)16-31(51)23(43)12(35(59,60)61)24(44)32(16)52;1-6-2-4-7(8)5-3-6/h2-6H,1H2;2-5,8H,1H3/q-1;+1. The van der Waals surface area contributed by atoms with Gasteiger partial charge in [-0.15, -0.1) is 21.9 Å². The van der Waals surface area contributed by atoms with Gasteiger partial charge in [0.2, 0.25) is 0 Å². The van der Waals surface area contributed by atoms with Gasteiger partial charge in [0.25, 0.3) is 22.6 Å². The summed E-state index contributed by atoms with van der Waals surface area (Å²) in [5.41, 5.74) is -29.7. The molecule has 6 aromatic carbocycles. The first-order chi connectivity index (χ1) is 31.6. The van der Waals surface area contributed by atoms with Gasteiger partial charge < -0.3 is 0 Å². The summed E-state index contributed by atoms with van der Waals surface area (Å²) in [5.74, 6) is -64.3. The molecule has 0 N–H and O–H groups in total. The molecule has 0 aromatic heterocycles. The first-order valence-corrected chi connectivity index (χ1v) is 19.1.